The number of esters is 1. The summed E-state index contributed by atoms with van der Waals surface area (Å²) in [5.41, 5.74) is 1.04. The van der Waals surface area contributed by atoms with Gasteiger partial charge in [-0.05, 0) is 57.2 Å². The minimum Gasteiger partial charge on any atom is -0.492 e. The second-order valence-corrected chi connectivity index (χ2v) is 9.63. The van der Waals surface area contributed by atoms with Gasteiger partial charge >= 0.3 is 5.97 Å². The molecule has 1 amide bonds. The summed E-state index contributed by atoms with van der Waals surface area (Å²) in [5.74, 6) is -0.835. The van der Waals surface area contributed by atoms with Crippen LogP contribution < -0.4 is 14.8 Å². The first kappa shape index (κ1) is 25.9. The molecule has 184 valence electrons. The Hall–Kier alpha value is -3.69. The van der Waals surface area contributed by atoms with Gasteiger partial charge in [0.15, 0.2) is 0 Å². The van der Waals surface area contributed by atoms with E-state index in [-0.39, 0.29) is 16.5 Å². The molecule has 9 heteroatoms. The van der Waals surface area contributed by atoms with Crippen LogP contribution in [0.15, 0.2) is 83.8 Å². The van der Waals surface area contributed by atoms with E-state index in [9.17, 15) is 18.0 Å². The minimum absolute atomic E-state index is 0.0210. The number of carbonyl (C=O) groups is 2. The lowest BCUT2D eigenvalue weighted by atomic mass is 10.1. The highest BCUT2D eigenvalue weighted by molar-refractivity contribution is 7.89. The molecular weight excluding hydrogens is 468 g/mol. The lowest BCUT2D eigenvalue weighted by Crippen LogP contribution is -2.30. The zero-order valence-corrected chi connectivity index (χ0v) is 20.5. The molecule has 0 aliphatic rings. The third-order valence-corrected chi connectivity index (χ3v) is 6.48. The van der Waals surface area contributed by atoms with E-state index in [4.69, 9.17) is 9.47 Å². The molecule has 0 heterocycles. The molecule has 3 rings (SSSR count). The van der Waals surface area contributed by atoms with E-state index in [0.29, 0.717) is 23.6 Å². The maximum Gasteiger partial charge on any atom is 0.339 e. The number of rotatable bonds is 10. The van der Waals surface area contributed by atoms with Gasteiger partial charge in [-0.15, -0.1) is 0 Å². The molecular formula is C26H28N2O6S. The van der Waals surface area contributed by atoms with Gasteiger partial charge in [-0.1, -0.05) is 42.5 Å². The molecule has 3 aromatic carbocycles. The monoisotopic (exact) mass is 496 g/mol. The fourth-order valence-electron chi connectivity index (χ4n) is 3.27. The van der Waals surface area contributed by atoms with Crippen LogP contribution in [0.1, 0.15) is 42.8 Å². The predicted octanol–water partition coefficient (Wildman–Crippen LogP) is 4.31. The Kier molecular flexibility index (Phi) is 8.62. The minimum atomic E-state index is -3.70. The van der Waals surface area contributed by atoms with Crippen LogP contribution in [0.4, 0.5) is 5.69 Å². The fourth-order valence-corrected chi connectivity index (χ4v) is 4.52. The molecule has 0 saturated heterocycles. The summed E-state index contributed by atoms with van der Waals surface area (Å²) in [6.07, 6.45) is -1.25. The lowest BCUT2D eigenvalue weighted by molar-refractivity contribution is -0.125. The second-order valence-electron chi connectivity index (χ2n) is 7.91. The first-order valence-electron chi connectivity index (χ1n) is 11.1. The quantitative estimate of drug-likeness (QED) is 0.405. The highest BCUT2D eigenvalue weighted by Gasteiger charge is 2.27. The van der Waals surface area contributed by atoms with Crippen LogP contribution in [-0.4, -0.2) is 32.9 Å². The Labute approximate surface area is 205 Å². The van der Waals surface area contributed by atoms with E-state index in [0.717, 1.165) is 0 Å². The molecule has 0 saturated carbocycles. The molecule has 1 atom stereocenters. The van der Waals surface area contributed by atoms with Gasteiger partial charge in [-0.25, -0.2) is 17.9 Å². The van der Waals surface area contributed by atoms with Crippen LogP contribution >= 0.6 is 0 Å². The third-order valence-electron chi connectivity index (χ3n) is 4.80. The number of sulfonamides is 1. The Morgan fingerprint density at radius 3 is 2.14 bits per heavy atom. The zero-order valence-electron chi connectivity index (χ0n) is 19.7. The molecule has 0 aliphatic heterocycles. The summed E-state index contributed by atoms with van der Waals surface area (Å²) in [6.45, 7) is 5.68. The second kappa shape index (κ2) is 11.6. The molecule has 2 N–H and O–H groups in total. The number of para-hydroxylation sites is 2. The van der Waals surface area contributed by atoms with E-state index >= 15 is 0 Å². The van der Waals surface area contributed by atoms with Crippen LogP contribution in [0.3, 0.4) is 0 Å². The highest BCUT2D eigenvalue weighted by atomic mass is 32.2. The smallest absolute Gasteiger partial charge is 0.339 e. The number of carbonyl (C=O) groups excluding carboxylic acids is 2. The molecule has 1 unspecified atom stereocenters. The molecule has 0 aromatic heterocycles. The standard InChI is InChI=1S/C26H28N2O6S/c1-4-33-23-13-9-8-12-22(23)27-25(29)24(19-10-6-5-7-11-19)34-26(30)20-14-16-21(17-15-20)35(31,32)28-18(2)3/h5-18,24,28H,4H2,1-3H3,(H,27,29). The summed E-state index contributed by atoms with van der Waals surface area (Å²) < 4.78 is 38.3. The summed E-state index contributed by atoms with van der Waals surface area (Å²) in [7, 11) is -3.70. The van der Waals surface area contributed by atoms with Crippen molar-refractivity contribution < 1.29 is 27.5 Å². The molecule has 0 aliphatic carbocycles. The third kappa shape index (κ3) is 6.91. The number of anilines is 1. The normalized spacial score (nSPS) is 12.1. The highest BCUT2D eigenvalue weighted by Crippen LogP contribution is 2.27. The largest absolute Gasteiger partial charge is 0.492 e. The van der Waals surface area contributed by atoms with Crippen LogP contribution in [0.25, 0.3) is 0 Å². The fraction of sp³-hybridized carbons (Fsp3) is 0.231. The van der Waals surface area contributed by atoms with Crippen molar-refractivity contribution in [3.63, 3.8) is 0 Å². The number of amides is 1. The lowest BCUT2D eigenvalue weighted by Gasteiger charge is -2.19. The molecule has 3 aromatic rings. The SMILES string of the molecule is CCOc1ccccc1NC(=O)C(OC(=O)c1ccc(S(=O)(=O)NC(C)C)cc1)c1ccccc1. The number of benzene rings is 3. The van der Waals surface area contributed by atoms with Crippen LogP contribution in [-0.2, 0) is 19.6 Å². The topological polar surface area (TPSA) is 111 Å². The van der Waals surface area contributed by atoms with Crippen molar-refractivity contribution >= 4 is 27.6 Å². The van der Waals surface area contributed by atoms with Crippen molar-refractivity contribution in [1.29, 1.82) is 0 Å². The first-order valence-corrected chi connectivity index (χ1v) is 12.6. The van der Waals surface area contributed by atoms with Crippen molar-refractivity contribution in [2.45, 2.75) is 37.8 Å². The van der Waals surface area contributed by atoms with E-state index < -0.39 is 28.0 Å². The van der Waals surface area contributed by atoms with Crippen molar-refractivity contribution in [1.82, 2.24) is 4.72 Å². The number of ether oxygens (including phenoxy) is 2. The summed E-state index contributed by atoms with van der Waals surface area (Å²) >= 11 is 0. The van der Waals surface area contributed by atoms with Gasteiger partial charge in [0.25, 0.3) is 5.91 Å². The summed E-state index contributed by atoms with van der Waals surface area (Å²) in [6, 6.07) is 20.6. The summed E-state index contributed by atoms with van der Waals surface area (Å²) in [4.78, 5) is 26.1. The average molecular weight is 497 g/mol. The van der Waals surface area contributed by atoms with E-state index in [1.807, 2.05) is 6.92 Å². The molecule has 0 fully saturated rings. The zero-order chi connectivity index (χ0) is 25.4. The van der Waals surface area contributed by atoms with Crippen molar-refractivity contribution in [2.75, 3.05) is 11.9 Å². The number of hydrogen-bond acceptors (Lipinski definition) is 6. The molecule has 8 nitrogen and oxygen atoms in total. The van der Waals surface area contributed by atoms with Gasteiger partial charge < -0.3 is 14.8 Å². The predicted molar refractivity (Wildman–Crippen MR) is 133 cm³/mol. The maximum atomic E-state index is 13.2. The van der Waals surface area contributed by atoms with E-state index in [1.54, 1.807) is 68.4 Å². The first-order chi connectivity index (χ1) is 16.7. The van der Waals surface area contributed by atoms with Crippen LogP contribution in [0.2, 0.25) is 0 Å². The maximum absolute atomic E-state index is 13.2. The van der Waals surface area contributed by atoms with Gasteiger partial charge in [-0.2, -0.15) is 0 Å². The van der Waals surface area contributed by atoms with Crippen molar-refractivity contribution in [3.8, 4) is 5.75 Å². The molecule has 0 bridgehead atoms. The number of nitrogens with one attached hydrogen (secondary N) is 2. The van der Waals surface area contributed by atoms with Crippen LogP contribution in [0, 0.1) is 0 Å². The van der Waals surface area contributed by atoms with Gasteiger partial charge in [0, 0.05) is 11.6 Å². The Morgan fingerprint density at radius 1 is 0.886 bits per heavy atom. The van der Waals surface area contributed by atoms with Gasteiger partial charge in [0.2, 0.25) is 16.1 Å². The average Bonchev–Trinajstić information content (AvgIpc) is 2.83. The Bertz CT molecular complexity index is 1260. The summed E-state index contributed by atoms with van der Waals surface area (Å²) in [5, 5.41) is 2.77. The molecule has 35 heavy (non-hydrogen) atoms. The number of hydrogen-bond donors (Lipinski definition) is 2. The van der Waals surface area contributed by atoms with Gasteiger partial charge in [0.05, 0.1) is 22.8 Å². The van der Waals surface area contributed by atoms with Crippen molar-refractivity contribution in [2.24, 2.45) is 0 Å². The molecule has 0 radical (unpaired) electrons. The van der Waals surface area contributed by atoms with E-state index in [2.05, 4.69) is 10.0 Å². The Balaban J connectivity index is 1.83. The van der Waals surface area contributed by atoms with Gasteiger partial charge in [0.1, 0.15) is 5.75 Å². The van der Waals surface area contributed by atoms with E-state index in [1.165, 1.54) is 24.3 Å². The molecule has 0 spiro atoms. The van der Waals surface area contributed by atoms with Gasteiger partial charge in [-0.3, -0.25) is 4.79 Å². The Morgan fingerprint density at radius 2 is 1.51 bits per heavy atom. The van der Waals surface area contributed by atoms with Crippen molar-refractivity contribution in [3.05, 3.63) is 90.0 Å². The van der Waals surface area contributed by atoms with Crippen LogP contribution in [0.5, 0.6) is 5.75 Å².